The third-order valence-corrected chi connectivity index (χ3v) is 3.92. The van der Waals surface area contributed by atoms with Crippen molar-refractivity contribution in [2.24, 2.45) is 5.92 Å². The molecule has 18 heavy (non-hydrogen) atoms. The van der Waals surface area contributed by atoms with Crippen LogP contribution in [-0.4, -0.2) is 17.3 Å². The Balaban J connectivity index is 2.46. The minimum Gasteiger partial charge on any atom is -0.313 e. The monoisotopic (exact) mass is 266 g/mol. The Hall–Kier alpha value is -0.540. The first kappa shape index (κ1) is 15.5. The maximum atomic E-state index is 4.58. The predicted octanol–water partition coefficient (Wildman–Crippen LogP) is 4.03. The van der Waals surface area contributed by atoms with Crippen LogP contribution in [0.5, 0.6) is 0 Å². The van der Waals surface area contributed by atoms with Crippen LogP contribution in [0.3, 0.4) is 0 Å². The summed E-state index contributed by atoms with van der Waals surface area (Å²) in [4.78, 5) is 4.58. The fraction of sp³-hybridized carbons (Fsp3) is 0.667. The standard InChI is InChI=1S/C15H26N2S/c1-5-7-16-10-14-9-13(4)15(17-11-14)18-8-6-12(2)3/h9,11-12,16H,5-8,10H2,1-4H3. The molecule has 0 bridgehead atoms. The van der Waals surface area contributed by atoms with Gasteiger partial charge in [0.2, 0.25) is 0 Å². The number of nitrogens with zero attached hydrogens (tertiary/aromatic N) is 1. The molecule has 2 nitrogen and oxygen atoms in total. The van der Waals surface area contributed by atoms with E-state index in [0.29, 0.717) is 0 Å². The van der Waals surface area contributed by atoms with E-state index in [2.05, 4.69) is 44.1 Å². The summed E-state index contributed by atoms with van der Waals surface area (Å²) < 4.78 is 0. The average molecular weight is 266 g/mol. The van der Waals surface area contributed by atoms with Gasteiger partial charge in [0.15, 0.2) is 0 Å². The molecular formula is C15H26N2S. The summed E-state index contributed by atoms with van der Waals surface area (Å²) in [6.07, 6.45) is 4.44. The van der Waals surface area contributed by atoms with Gasteiger partial charge in [0.25, 0.3) is 0 Å². The van der Waals surface area contributed by atoms with E-state index in [1.807, 2.05) is 18.0 Å². The zero-order chi connectivity index (χ0) is 13.4. The molecule has 1 aromatic rings. The molecule has 1 N–H and O–H groups in total. The lowest BCUT2D eigenvalue weighted by molar-refractivity contribution is 0.631. The van der Waals surface area contributed by atoms with Gasteiger partial charge in [-0.2, -0.15) is 0 Å². The summed E-state index contributed by atoms with van der Waals surface area (Å²) in [5.74, 6) is 1.94. The van der Waals surface area contributed by atoms with Crippen molar-refractivity contribution >= 4 is 11.8 Å². The maximum absolute atomic E-state index is 4.58. The highest BCUT2D eigenvalue weighted by Crippen LogP contribution is 2.22. The highest BCUT2D eigenvalue weighted by molar-refractivity contribution is 7.99. The number of rotatable bonds is 8. The highest BCUT2D eigenvalue weighted by atomic mass is 32.2. The van der Waals surface area contributed by atoms with E-state index >= 15 is 0 Å². The number of aromatic nitrogens is 1. The molecular weight excluding hydrogens is 240 g/mol. The van der Waals surface area contributed by atoms with E-state index in [9.17, 15) is 0 Å². The largest absolute Gasteiger partial charge is 0.313 e. The van der Waals surface area contributed by atoms with Crippen molar-refractivity contribution in [3.63, 3.8) is 0 Å². The number of nitrogens with one attached hydrogen (secondary N) is 1. The van der Waals surface area contributed by atoms with Crippen LogP contribution >= 0.6 is 11.8 Å². The predicted molar refractivity (Wildman–Crippen MR) is 81.2 cm³/mol. The average Bonchev–Trinajstić information content (AvgIpc) is 2.32. The lowest BCUT2D eigenvalue weighted by Crippen LogP contribution is -2.14. The van der Waals surface area contributed by atoms with E-state index in [4.69, 9.17) is 0 Å². The zero-order valence-electron chi connectivity index (χ0n) is 12.1. The van der Waals surface area contributed by atoms with Crippen LogP contribution in [0.25, 0.3) is 0 Å². The van der Waals surface area contributed by atoms with E-state index in [1.165, 1.54) is 34.7 Å². The summed E-state index contributed by atoms with van der Waals surface area (Å²) in [6.45, 7) is 10.9. The van der Waals surface area contributed by atoms with Crippen LogP contribution < -0.4 is 5.32 Å². The molecule has 0 aromatic carbocycles. The molecule has 3 heteroatoms. The summed E-state index contributed by atoms with van der Waals surface area (Å²) in [7, 11) is 0. The number of pyridine rings is 1. The molecule has 0 aliphatic carbocycles. The van der Waals surface area contributed by atoms with E-state index in [0.717, 1.165) is 19.0 Å². The first-order chi connectivity index (χ1) is 8.63. The molecule has 0 spiro atoms. The summed E-state index contributed by atoms with van der Waals surface area (Å²) in [5.41, 5.74) is 2.59. The normalized spacial score (nSPS) is 11.2. The topological polar surface area (TPSA) is 24.9 Å². The SMILES string of the molecule is CCCNCc1cnc(SCCC(C)C)c(C)c1. The van der Waals surface area contributed by atoms with Crippen molar-refractivity contribution in [1.82, 2.24) is 10.3 Å². The van der Waals surface area contributed by atoms with Gasteiger partial charge in [0.1, 0.15) is 0 Å². The summed E-state index contributed by atoms with van der Waals surface area (Å²) >= 11 is 1.88. The first-order valence-electron chi connectivity index (χ1n) is 6.92. The lowest BCUT2D eigenvalue weighted by Gasteiger charge is -2.09. The van der Waals surface area contributed by atoms with Gasteiger partial charge >= 0.3 is 0 Å². The smallest absolute Gasteiger partial charge is 0.0989 e. The molecule has 0 fully saturated rings. The number of hydrogen-bond acceptors (Lipinski definition) is 3. The van der Waals surface area contributed by atoms with E-state index in [-0.39, 0.29) is 0 Å². The van der Waals surface area contributed by atoms with Gasteiger partial charge in [0, 0.05) is 12.7 Å². The van der Waals surface area contributed by atoms with Gasteiger partial charge in [0.05, 0.1) is 5.03 Å². The Kier molecular flexibility index (Phi) is 7.36. The fourth-order valence-corrected chi connectivity index (χ4v) is 2.87. The molecule has 0 atom stereocenters. The molecule has 1 rings (SSSR count). The lowest BCUT2D eigenvalue weighted by atomic mass is 10.2. The first-order valence-corrected chi connectivity index (χ1v) is 7.91. The van der Waals surface area contributed by atoms with Gasteiger partial charge in [-0.05, 0) is 49.1 Å². The molecule has 0 saturated carbocycles. The maximum Gasteiger partial charge on any atom is 0.0989 e. The van der Waals surface area contributed by atoms with Crippen molar-refractivity contribution in [3.05, 3.63) is 23.4 Å². The highest BCUT2D eigenvalue weighted by Gasteiger charge is 2.03. The molecule has 0 unspecified atom stereocenters. The fourth-order valence-electron chi connectivity index (χ4n) is 1.67. The van der Waals surface area contributed by atoms with Gasteiger partial charge in [-0.15, -0.1) is 11.8 Å². The molecule has 0 aliphatic heterocycles. The quantitative estimate of drug-likeness (QED) is 0.568. The van der Waals surface area contributed by atoms with Crippen LogP contribution in [0.2, 0.25) is 0 Å². The van der Waals surface area contributed by atoms with Crippen molar-refractivity contribution in [2.45, 2.75) is 52.1 Å². The minimum atomic E-state index is 0.773. The zero-order valence-corrected chi connectivity index (χ0v) is 12.9. The molecule has 0 saturated heterocycles. The van der Waals surface area contributed by atoms with Crippen LogP contribution in [0.15, 0.2) is 17.3 Å². The van der Waals surface area contributed by atoms with Crippen molar-refractivity contribution in [2.75, 3.05) is 12.3 Å². The molecule has 0 amide bonds. The third kappa shape index (κ3) is 5.87. The van der Waals surface area contributed by atoms with E-state index in [1.54, 1.807) is 0 Å². The number of aryl methyl sites for hydroxylation is 1. The van der Waals surface area contributed by atoms with E-state index < -0.39 is 0 Å². The molecule has 102 valence electrons. The molecule has 0 radical (unpaired) electrons. The third-order valence-electron chi connectivity index (χ3n) is 2.78. The minimum absolute atomic E-state index is 0.773. The molecule has 1 heterocycles. The Labute approximate surface area is 116 Å². The Morgan fingerprint density at radius 3 is 2.78 bits per heavy atom. The molecule has 0 aliphatic rings. The van der Waals surface area contributed by atoms with Crippen LogP contribution in [0.1, 0.15) is 44.7 Å². The second-order valence-electron chi connectivity index (χ2n) is 5.17. The van der Waals surface area contributed by atoms with Crippen molar-refractivity contribution < 1.29 is 0 Å². The van der Waals surface area contributed by atoms with Crippen LogP contribution in [0.4, 0.5) is 0 Å². The number of thioether (sulfide) groups is 1. The summed E-state index contributed by atoms with van der Waals surface area (Å²) in [6, 6.07) is 2.26. The van der Waals surface area contributed by atoms with Gasteiger partial charge in [-0.1, -0.05) is 26.8 Å². The van der Waals surface area contributed by atoms with Gasteiger partial charge in [-0.3, -0.25) is 0 Å². The van der Waals surface area contributed by atoms with Crippen molar-refractivity contribution in [1.29, 1.82) is 0 Å². The Bertz CT molecular complexity index is 350. The Morgan fingerprint density at radius 1 is 1.39 bits per heavy atom. The van der Waals surface area contributed by atoms with Gasteiger partial charge < -0.3 is 5.32 Å². The van der Waals surface area contributed by atoms with Gasteiger partial charge in [-0.25, -0.2) is 4.98 Å². The Morgan fingerprint density at radius 2 is 2.17 bits per heavy atom. The molecule has 1 aromatic heterocycles. The second kappa shape index (κ2) is 8.54. The second-order valence-corrected chi connectivity index (χ2v) is 6.26. The van der Waals surface area contributed by atoms with Crippen LogP contribution in [-0.2, 0) is 6.54 Å². The van der Waals surface area contributed by atoms with Crippen molar-refractivity contribution in [3.8, 4) is 0 Å². The summed E-state index contributed by atoms with van der Waals surface area (Å²) in [5, 5.41) is 4.60. The van der Waals surface area contributed by atoms with Crippen LogP contribution in [0, 0.1) is 12.8 Å². The number of hydrogen-bond donors (Lipinski definition) is 1.